The third-order valence-corrected chi connectivity index (χ3v) is 4.27. The fourth-order valence-electron chi connectivity index (χ4n) is 2.78. The number of nitrogens with one attached hydrogen (secondary N) is 2. The molecule has 0 aliphatic heterocycles. The molecule has 6 heteroatoms. The molecule has 0 saturated carbocycles. The van der Waals surface area contributed by atoms with Crippen LogP contribution < -0.4 is 15.4 Å². The Morgan fingerprint density at radius 1 is 1.07 bits per heavy atom. The van der Waals surface area contributed by atoms with Gasteiger partial charge in [0.15, 0.2) is 5.96 Å². The van der Waals surface area contributed by atoms with Crippen LogP contribution in [0.25, 0.3) is 0 Å². The Balaban J connectivity index is 0.00000676. The van der Waals surface area contributed by atoms with Crippen molar-refractivity contribution < 1.29 is 4.74 Å². The van der Waals surface area contributed by atoms with Crippen LogP contribution in [0.2, 0.25) is 0 Å². The van der Waals surface area contributed by atoms with Crippen molar-refractivity contribution in [1.82, 2.24) is 15.5 Å². The predicted molar refractivity (Wildman–Crippen MR) is 128 cm³/mol. The van der Waals surface area contributed by atoms with E-state index in [0.29, 0.717) is 6.54 Å². The number of ether oxygens (including phenoxy) is 1. The number of halogens is 1. The second-order valence-electron chi connectivity index (χ2n) is 7.01. The molecule has 0 atom stereocenters. The molecular weight excluding hydrogens is 451 g/mol. The highest BCUT2D eigenvalue weighted by molar-refractivity contribution is 14.0. The topological polar surface area (TPSA) is 48.9 Å². The van der Waals surface area contributed by atoms with E-state index in [0.717, 1.165) is 30.4 Å². The first-order valence-corrected chi connectivity index (χ1v) is 9.87. The smallest absolute Gasteiger partial charge is 0.191 e. The third kappa shape index (κ3) is 12.1. The van der Waals surface area contributed by atoms with Gasteiger partial charge in [-0.3, -0.25) is 0 Å². The Morgan fingerprint density at radius 3 is 2.44 bits per heavy atom. The highest BCUT2D eigenvalue weighted by Crippen LogP contribution is 2.20. The first-order chi connectivity index (χ1) is 12.6. The minimum Gasteiger partial charge on any atom is -0.496 e. The van der Waals surface area contributed by atoms with Gasteiger partial charge in [0.1, 0.15) is 5.75 Å². The second-order valence-corrected chi connectivity index (χ2v) is 7.01. The summed E-state index contributed by atoms with van der Waals surface area (Å²) < 4.78 is 5.47. The number of unbranched alkanes of at least 4 members (excludes halogenated alkanes) is 4. The zero-order valence-electron chi connectivity index (χ0n) is 17.8. The number of rotatable bonds is 12. The summed E-state index contributed by atoms with van der Waals surface area (Å²) >= 11 is 0. The standard InChI is InChI=1S/C21H38N4O.HI/c1-6-22-21(23-14-10-8-7-9-11-15-25(3)4)24-17-19-13-12-18(2)16-20(19)26-5;/h12-13,16H,6-11,14-15,17H2,1-5H3,(H2,22,23,24);1H. The summed E-state index contributed by atoms with van der Waals surface area (Å²) in [4.78, 5) is 6.95. The monoisotopic (exact) mass is 490 g/mol. The van der Waals surface area contributed by atoms with Crippen LogP contribution in [0, 0.1) is 6.92 Å². The molecule has 0 unspecified atom stereocenters. The summed E-state index contributed by atoms with van der Waals surface area (Å²) in [5, 5.41) is 6.76. The normalized spacial score (nSPS) is 11.3. The molecule has 0 amide bonds. The minimum atomic E-state index is 0. The minimum absolute atomic E-state index is 0. The van der Waals surface area contributed by atoms with Gasteiger partial charge in [-0.25, -0.2) is 4.99 Å². The van der Waals surface area contributed by atoms with E-state index in [1.54, 1.807) is 7.11 Å². The molecule has 0 spiro atoms. The van der Waals surface area contributed by atoms with E-state index < -0.39 is 0 Å². The Morgan fingerprint density at radius 2 is 1.78 bits per heavy atom. The van der Waals surface area contributed by atoms with E-state index >= 15 is 0 Å². The maximum Gasteiger partial charge on any atom is 0.191 e. The lowest BCUT2D eigenvalue weighted by Crippen LogP contribution is -2.37. The van der Waals surface area contributed by atoms with Gasteiger partial charge in [0, 0.05) is 18.7 Å². The van der Waals surface area contributed by atoms with Gasteiger partial charge in [-0.05, 0) is 59.0 Å². The van der Waals surface area contributed by atoms with Crippen molar-refractivity contribution in [3.63, 3.8) is 0 Å². The molecule has 0 fully saturated rings. The molecule has 0 radical (unpaired) electrons. The van der Waals surface area contributed by atoms with Crippen molar-refractivity contribution in [2.75, 3.05) is 40.8 Å². The maximum absolute atomic E-state index is 5.47. The summed E-state index contributed by atoms with van der Waals surface area (Å²) in [7, 11) is 5.99. The summed E-state index contributed by atoms with van der Waals surface area (Å²) in [6, 6.07) is 6.25. The van der Waals surface area contributed by atoms with Crippen LogP contribution in [-0.4, -0.2) is 51.7 Å². The number of hydrogen-bond donors (Lipinski definition) is 2. The average molecular weight is 490 g/mol. The molecule has 0 aromatic heterocycles. The van der Waals surface area contributed by atoms with Crippen LogP contribution >= 0.6 is 24.0 Å². The van der Waals surface area contributed by atoms with E-state index in [1.165, 1.54) is 44.2 Å². The van der Waals surface area contributed by atoms with E-state index in [-0.39, 0.29) is 24.0 Å². The Hall–Kier alpha value is -1.02. The van der Waals surface area contributed by atoms with E-state index in [9.17, 15) is 0 Å². The molecule has 5 nitrogen and oxygen atoms in total. The molecule has 156 valence electrons. The largest absolute Gasteiger partial charge is 0.496 e. The van der Waals surface area contributed by atoms with Crippen LogP contribution in [-0.2, 0) is 6.54 Å². The van der Waals surface area contributed by atoms with Gasteiger partial charge < -0.3 is 20.3 Å². The third-order valence-electron chi connectivity index (χ3n) is 4.27. The van der Waals surface area contributed by atoms with Crippen molar-refractivity contribution in [2.45, 2.75) is 52.5 Å². The van der Waals surface area contributed by atoms with Crippen LogP contribution in [0.1, 0.15) is 50.2 Å². The van der Waals surface area contributed by atoms with Gasteiger partial charge in [-0.2, -0.15) is 0 Å². The van der Waals surface area contributed by atoms with Gasteiger partial charge >= 0.3 is 0 Å². The summed E-state index contributed by atoms with van der Waals surface area (Å²) in [6.07, 6.45) is 6.37. The molecular formula is C21H39IN4O. The zero-order chi connectivity index (χ0) is 19.2. The van der Waals surface area contributed by atoms with Crippen LogP contribution in [0.5, 0.6) is 5.75 Å². The number of methoxy groups -OCH3 is 1. The van der Waals surface area contributed by atoms with Gasteiger partial charge in [-0.15, -0.1) is 24.0 Å². The van der Waals surface area contributed by atoms with Crippen molar-refractivity contribution >= 4 is 29.9 Å². The first kappa shape index (κ1) is 26.0. The van der Waals surface area contributed by atoms with Gasteiger partial charge in [0.05, 0.1) is 13.7 Å². The van der Waals surface area contributed by atoms with Gasteiger partial charge in [0.25, 0.3) is 0 Å². The van der Waals surface area contributed by atoms with Crippen LogP contribution in [0.3, 0.4) is 0 Å². The number of aliphatic imine (C=N–C) groups is 1. The lowest BCUT2D eigenvalue weighted by Gasteiger charge is -2.12. The molecule has 0 saturated heterocycles. The second kappa shape index (κ2) is 16.0. The molecule has 27 heavy (non-hydrogen) atoms. The summed E-state index contributed by atoms with van der Waals surface area (Å²) in [5.74, 6) is 1.78. The molecule has 1 aromatic rings. The summed E-state index contributed by atoms with van der Waals surface area (Å²) in [6.45, 7) is 7.79. The number of hydrogen-bond acceptors (Lipinski definition) is 3. The van der Waals surface area contributed by atoms with Gasteiger partial charge in [-0.1, -0.05) is 31.4 Å². The van der Waals surface area contributed by atoms with Crippen molar-refractivity contribution in [3.05, 3.63) is 29.3 Å². The summed E-state index contributed by atoms with van der Waals surface area (Å²) in [5.41, 5.74) is 2.31. The molecule has 2 N–H and O–H groups in total. The fraction of sp³-hybridized carbons (Fsp3) is 0.667. The lowest BCUT2D eigenvalue weighted by molar-refractivity contribution is 0.389. The predicted octanol–water partition coefficient (Wildman–Crippen LogP) is 4.19. The molecule has 0 aliphatic carbocycles. The first-order valence-electron chi connectivity index (χ1n) is 9.87. The van der Waals surface area contributed by atoms with Crippen molar-refractivity contribution in [3.8, 4) is 5.75 Å². The van der Waals surface area contributed by atoms with Crippen LogP contribution in [0.4, 0.5) is 0 Å². The quantitative estimate of drug-likeness (QED) is 0.200. The van der Waals surface area contributed by atoms with E-state index in [1.807, 2.05) is 0 Å². The Bertz CT molecular complexity index is 535. The molecule has 0 heterocycles. The van der Waals surface area contributed by atoms with Crippen molar-refractivity contribution in [1.29, 1.82) is 0 Å². The Kier molecular flexibility index (Phi) is 15.4. The van der Waals surface area contributed by atoms with E-state index in [2.05, 4.69) is 61.7 Å². The fourth-order valence-corrected chi connectivity index (χ4v) is 2.78. The molecule has 1 aromatic carbocycles. The highest BCUT2D eigenvalue weighted by Gasteiger charge is 2.03. The highest BCUT2D eigenvalue weighted by atomic mass is 127. The van der Waals surface area contributed by atoms with E-state index in [4.69, 9.17) is 9.73 Å². The van der Waals surface area contributed by atoms with Crippen LogP contribution in [0.15, 0.2) is 23.2 Å². The molecule has 0 aliphatic rings. The number of benzene rings is 1. The Labute approximate surface area is 183 Å². The molecule has 0 bridgehead atoms. The van der Waals surface area contributed by atoms with Gasteiger partial charge in [0.2, 0.25) is 0 Å². The van der Waals surface area contributed by atoms with Crippen molar-refractivity contribution in [2.24, 2.45) is 4.99 Å². The number of aryl methyl sites for hydroxylation is 1. The SMILES string of the molecule is CCNC(=NCc1ccc(C)cc1OC)NCCCCCCCN(C)C.I. The lowest BCUT2D eigenvalue weighted by atomic mass is 10.1. The molecule has 1 rings (SSSR count). The zero-order valence-corrected chi connectivity index (χ0v) is 20.1. The number of nitrogens with zero attached hydrogens (tertiary/aromatic N) is 2. The average Bonchev–Trinajstić information content (AvgIpc) is 2.62. The maximum atomic E-state index is 5.47. The number of guanidine groups is 1.